The van der Waals surface area contributed by atoms with Crippen molar-refractivity contribution in [2.24, 2.45) is 7.05 Å². The van der Waals surface area contributed by atoms with E-state index in [0.29, 0.717) is 11.3 Å². The molecule has 0 saturated carbocycles. The van der Waals surface area contributed by atoms with Crippen LogP contribution < -0.4 is 5.69 Å². The molecule has 0 aliphatic rings. The first kappa shape index (κ1) is 15.7. The van der Waals surface area contributed by atoms with Crippen molar-refractivity contribution in [2.45, 2.75) is 13.5 Å². The highest BCUT2D eigenvalue weighted by atomic mass is 35.5. The first-order valence-corrected chi connectivity index (χ1v) is 8.14. The molecular weight excluding hydrogens is 318 g/mol. The average molecular weight is 332 g/mol. The van der Waals surface area contributed by atoms with Gasteiger partial charge >= 0.3 is 5.69 Å². The molecular formula is C12H14ClN3O4S. The molecule has 2 aromatic rings. The van der Waals surface area contributed by atoms with Crippen LogP contribution in [-0.4, -0.2) is 29.0 Å². The summed E-state index contributed by atoms with van der Waals surface area (Å²) >= 11 is 5.96. The van der Waals surface area contributed by atoms with Gasteiger partial charge in [-0.2, -0.15) is 8.42 Å². The summed E-state index contributed by atoms with van der Waals surface area (Å²) in [6.45, 7) is 1.66. The molecule has 9 heteroatoms. The molecule has 0 spiro atoms. The van der Waals surface area contributed by atoms with Crippen LogP contribution in [0.15, 0.2) is 23.0 Å². The fourth-order valence-electron chi connectivity index (χ4n) is 1.86. The second kappa shape index (κ2) is 5.63. The molecule has 0 bridgehead atoms. The zero-order chi connectivity index (χ0) is 15.8. The van der Waals surface area contributed by atoms with Crippen LogP contribution in [-0.2, 0) is 28.0 Å². The molecule has 7 nitrogen and oxygen atoms in total. The summed E-state index contributed by atoms with van der Waals surface area (Å²) in [7, 11) is -2.11. The highest BCUT2D eigenvalue weighted by Gasteiger charge is 2.16. The Morgan fingerprint density at radius 3 is 2.57 bits per heavy atom. The van der Waals surface area contributed by atoms with Crippen LogP contribution in [0.4, 0.5) is 0 Å². The summed E-state index contributed by atoms with van der Waals surface area (Å²) in [5, 5.41) is 3.83. The van der Waals surface area contributed by atoms with Gasteiger partial charge in [0.15, 0.2) is 0 Å². The van der Waals surface area contributed by atoms with Gasteiger partial charge in [0, 0.05) is 12.6 Å². The molecule has 114 valence electrons. The number of halogens is 1. The van der Waals surface area contributed by atoms with E-state index in [1.807, 2.05) is 6.92 Å². The van der Waals surface area contributed by atoms with Crippen LogP contribution in [0.25, 0.3) is 5.69 Å². The molecule has 0 amide bonds. The Morgan fingerprint density at radius 2 is 2.05 bits per heavy atom. The van der Waals surface area contributed by atoms with Crippen LogP contribution in [0.5, 0.6) is 0 Å². The van der Waals surface area contributed by atoms with Crippen molar-refractivity contribution in [2.75, 3.05) is 6.26 Å². The molecule has 0 radical (unpaired) electrons. The van der Waals surface area contributed by atoms with Crippen molar-refractivity contribution < 1.29 is 12.6 Å². The van der Waals surface area contributed by atoms with Crippen molar-refractivity contribution in [3.63, 3.8) is 0 Å². The summed E-state index contributed by atoms with van der Waals surface area (Å²) in [5.41, 5.74) is 1.44. The van der Waals surface area contributed by atoms with Crippen LogP contribution in [0.2, 0.25) is 5.28 Å². The first-order chi connectivity index (χ1) is 9.69. The molecule has 1 heterocycles. The molecule has 21 heavy (non-hydrogen) atoms. The second-order valence-corrected chi connectivity index (χ2v) is 6.59. The maximum absolute atomic E-state index is 12.0. The third-order valence-electron chi connectivity index (χ3n) is 2.79. The second-order valence-electron chi connectivity index (χ2n) is 4.61. The van der Waals surface area contributed by atoms with Crippen LogP contribution >= 0.6 is 11.6 Å². The lowest BCUT2D eigenvalue weighted by atomic mass is 10.1. The van der Waals surface area contributed by atoms with Crippen LogP contribution in [0, 0.1) is 6.92 Å². The largest absolute Gasteiger partial charge is 0.351 e. The van der Waals surface area contributed by atoms with Gasteiger partial charge in [0.1, 0.15) is 0 Å². The third kappa shape index (κ3) is 3.52. The number of nitrogens with zero attached hydrogens (tertiary/aromatic N) is 3. The Bertz CT molecular complexity index is 839. The normalized spacial score (nSPS) is 11.8. The quantitative estimate of drug-likeness (QED) is 0.781. The molecule has 1 aromatic carbocycles. The van der Waals surface area contributed by atoms with Crippen molar-refractivity contribution in [1.29, 1.82) is 0 Å². The van der Waals surface area contributed by atoms with Crippen molar-refractivity contribution >= 4 is 21.7 Å². The molecule has 2 rings (SSSR count). The lowest BCUT2D eigenvalue weighted by Crippen LogP contribution is -2.22. The van der Waals surface area contributed by atoms with Crippen LogP contribution in [0.1, 0.15) is 11.1 Å². The minimum Gasteiger partial charge on any atom is -0.265 e. The first-order valence-electron chi connectivity index (χ1n) is 5.95. The Kier molecular flexibility index (Phi) is 4.22. The Morgan fingerprint density at radius 1 is 1.38 bits per heavy atom. The van der Waals surface area contributed by atoms with Crippen molar-refractivity contribution in [1.82, 2.24) is 14.3 Å². The third-order valence-corrected chi connectivity index (χ3v) is 3.58. The summed E-state index contributed by atoms with van der Waals surface area (Å²) in [6, 6.07) is 5.19. The summed E-state index contributed by atoms with van der Waals surface area (Å²) in [4.78, 5) is 12.0. The smallest absolute Gasteiger partial charge is 0.265 e. The van der Waals surface area contributed by atoms with Gasteiger partial charge in [-0.05, 0) is 24.6 Å². The highest BCUT2D eigenvalue weighted by molar-refractivity contribution is 7.85. The fourth-order valence-corrected chi connectivity index (χ4v) is 2.47. The summed E-state index contributed by atoms with van der Waals surface area (Å²) in [6.07, 6.45) is 0.964. The average Bonchev–Trinajstić information content (AvgIpc) is 2.61. The van der Waals surface area contributed by atoms with E-state index in [4.69, 9.17) is 15.8 Å². The minimum atomic E-state index is -3.59. The van der Waals surface area contributed by atoms with Gasteiger partial charge in [-0.1, -0.05) is 17.7 Å². The fraction of sp³-hybridized carbons (Fsp3) is 0.333. The SMILES string of the molecule is Cc1ccc(-n2c(Cl)nn(C)c2=O)c(COS(C)(=O)=O)c1. The summed E-state index contributed by atoms with van der Waals surface area (Å²) in [5.74, 6) is 0. The van der Waals surface area contributed by atoms with Gasteiger partial charge < -0.3 is 0 Å². The molecule has 0 atom stereocenters. The lowest BCUT2D eigenvalue weighted by molar-refractivity contribution is 0.311. The van der Waals surface area contributed by atoms with E-state index >= 15 is 0 Å². The van der Waals surface area contributed by atoms with Gasteiger partial charge in [0.2, 0.25) is 5.28 Å². The van der Waals surface area contributed by atoms with E-state index in [-0.39, 0.29) is 11.9 Å². The van der Waals surface area contributed by atoms with Crippen molar-refractivity contribution in [3.05, 3.63) is 45.1 Å². The number of hydrogen-bond acceptors (Lipinski definition) is 5. The van der Waals surface area contributed by atoms with Gasteiger partial charge in [0.25, 0.3) is 10.1 Å². The number of benzene rings is 1. The molecule has 0 N–H and O–H groups in total. The highest BCUT2D eigenvalue weighted by Crippen LogP contribution is 2.20. The maximum Gasteiger partial charge on any atom is 0.351 e. The monoisotopic (exact) mass is 331 g/mol. The molecule has 0 unspecified atom stereocenters. The lowest BCUT2D eigenvalue weighted by Gasteiger charge is -2.10. The Hall–Kier alpha value is -1.64. The zero-order valence-corrected chi connectivity index (χ0v) is 13.3. The predicted octanol–water partition coefficient (Wildman–Crippen LogP) is 1.01. The van der Waals surface area contributed by atoms with Gasteiger partial charge in [-0.15, -0.1) is 5.10 Å². The van der Waals surface area contributed by atoms with Gasteiger partial charge in [-0.25, -0.2) is 14.0 Å². The number of hydrogen-bond donors (Lipinski definition) is 0. The molecule has 0 aliphatic carbocycles. The van der Waals surface area contributed by atoms with E-state index in [1.165, 1.54) is 11.6 Å². The molecule has 0 saturated heterocycles. The van der Waals surface area contributed by atoms with Gasteiger partial charge in [-0.3, -0.25) is 4.18 Å². The minimum absolute atomic E-state index is 0.00745. The van der Waals surface area contributed by atoms with Crippen LogP contribution in [0.3, 0.4) is 0 Å². The number of rotatable bonds is 4. The Labute approximate surface area is 126 Å². The Balaban J connectivity index is 2.56. The summed E-state index contributed by atoms with van der Waals surface area (Å²) < 4.78 is 29.4. The van der Waals surface area contributed by atoms with E-state index in [1.54, 1.807) is 18.2 Å². The van der Waals surface area contributed by atoms with E-state index in [0.717, 1.165) is 16.5 Å². The van der Waals surface area contributed by atoms with E-state index in [9.17, 15) is 13.2 Å². The van der Waals surface area contributed by atoms with Crippen molar-refractivity contribution in [3.8, 4) is 5.69 Å². The number of aryl methyl sites for hydroxylation is 2. The van der Waals surface area contributed by atoms with E-state index < -0.39 is 15.8 Å². The molecule has 0 fully saturated rings. The standard InChI is InChI=1S/C12H14ClN3O4S/c1-8-4-5-10(9(6-8)7-20-21(3,18)19)16-11(13)14-15(2)12(16)17/h4-6H,7H2,1-3H3. The number of aromatic nitrogens is 3. The van der Waals surface area contributed by atoms with Gasteiger partial charge in [0.05, 0.1) is 18.6 Å². The van der Waals surface area contributed by atoms with E-state index in [2.05, 4.69) is 5.10 Å². The molecule has 1 aromatic heterocycles. The topological polar surface area (TPSA) is 83.2 Å². The zero-order valence-electron chi connectivity index (χ0n) is 11.7. The maximum atomic E-state index is 12.0. The predicted molar refractivity (Wildman–Crippen MR) is 78.2 cm³/mol. The molecule has 0 aliphatic heterocycles.